The Bertz CT molecular complexity index is 240. The van der Waals surface area contributed by atoms with E-state index in [1.165, 1.54) is 5.57 Å². The Balaban J connectivity index is 2.41. The van der Waals surface area contributed by atoms with E-state index in [4.69, 9.17) is 4.74 Å². The smallest absolute Gasteiger partial charge is 0.309 e. The fraction of sp³-hybridized carbons (Fsp3) is 0.545. The van der Waals surface area contributed by atoms with Gasteiger partial charge < -0.3 is 4.74 Å². The maximum atomic E-state index is 11.2. The van der Waals surface area contributed by atoms with Crippen LogP contribution in [0.15, 0.2) is 24.3 Å². The highest BCUT2D eigenvalue weighted by molar-refractivity contribution is 5.76. The average Bonchev–Trinajstić information content (AvgIpc) is 2.84. The highest BCUT2D eigenvalue weighted by Crippen LogP contribution is 2.44. The van der Waals surface area contributed by atoms with Gasteiger partial charge in [-0.2, -0.15) is 0 Å². The Labute approximate surface area is 79.3 Å². The molecule has 1 aliphatic rings. The van der Waals surface area contributed by atoms with Gasteiger partial charge in [-0.05, 0) is 26.2 Å². The molecule has 0 radical (unpaired) electrons. The number of ether oxygens (including phenoxy) is 1. The van der Waals surface area contributed by atoms with Crippen LogP contribution in [0.5, 0.6) is 0 Å². The summed E-state index contributed by atoms with van der Waals surface area (Å²) in [6.07, 6.45) is 4.66. The largest absolute Gasteiger partial charge is 0.466 e. The number of carbonyl (C=O) groups is 1. The van der Waals surface area contributed by atoms with Crippen LogP contribution >= 0.6 is 0 Å². The molecule has 0 aromatic heterocycles. The van der Waals surface area contributed by atoms with Crippen molar-refractivity contribution in [3.05, 3.63) is 24.3 Å². The Morgan fingerprint density at radius 3 is 2.85 bits per heavy atom. The second-order valence-electron chi connectivity index (χ2n) is 3.35. The van der Waals surface area contributed by atoms with E-state index in [1.807, 2.05) is 19.9 Å². The fourth-order valence-corrected chi connectivity index (χ4v) is 1.52. The number of hydrogen-bond acceptors (Lipinski definition) is 2. The van der Waals surface area contributed by atoms with Gasteiger partial charge >= 0.3 is 5.97 Å². The van der Waals surface area contributed by atoms with Gasteiger partial charge in [-0.1, -0.05) is 24.3 Å². The van der Waals surface area contributed by atoms with Crippen LogP contribution in [0.3, 0.4) is 0 Å². The summed E-state index contributed by atoms with van der Waals surface area (Å²) in [6.45, 7) is 7.97. The summed E-state index contributed by atoms with van der Waals surface area (Å²) in [5, 5.41) is 0. The Morgan fingerprint density at radius 2 is 2.31 bits per heavy atom. The lowest BCUT2D eigenvalue weighted by Crippen LogP contribution is -2.07. The van der Waals surface area contributed by atoms with Crippen LogP contribution in [-0.4, -0.2) is 12.6 Å². The third-order valence-corrected chi connectivity index (χ3v) is 2.35. The first-order valence-corrected chi connectivity index (χ1v) is 4.66. The predicted molar refractivity (Wildman–Crippen MR) is 52.2 cm³/mol. The average molecular weight is 180 g/mol. The van der Waals surface area contributed by atoms with Crippen molar-refractivity contribution in [2.75, 3.05) is 6.61 Å². The van der Waals surface area contributed by atoms with E-state index in [9.17, 15) is 4.79 Å². The molecular weight excluding hydrogens is 164 g/mol. The highest BCUT2D eigenvalue weighted by Gasteiger charge is 2.44. The number of esters is 1. The maximum absolute atomic E-state index is 11.2. The summed E-state index contributed by atoms with van der Waals surface area (Å²) >= 11 is 0. The van der Waals surface area contributed by atoms with Crippen LogP contribution in [0.2, 0.25) is 0 Å². The molecule has 1 saturated carbocycles. The molecule has 2 atom stereocenters. The molecule has 13 heavy (non-hydrogen) atoms. The molecular formula is C11H16O2. The molecule has 0 aromatic carbocycles. The van der Waals surface area contributed by atoms with Crippen molar-refractivity contribution in [1.29, 1.82) is 0 Å². The standard InChI is InChI=1S/C11H16O2/c1-4-6-8(3)9-7-10(9)11(12)13-5-2/h4,6,9-10H,1,5,7H2,2-3H3/b8-6+. The van der Waals surface area contributed by atoms with Crippen molar-refractivity contribution in [1.82, 2.24) is 0 Å². The van der Waals surface area contributed by atoms with Crippen LogP contribution in [0, 0.1) is 11.8 Å². The Hall–Kier alpha value is -1.05. The molecule has 1 aliphatic carbocycles. The van der Waals surface area contributed by atoms with E-state index < -0.39 is 0 Å². The summed E-state index contributed by atoms with van der Waals surface area (Å²) in [5.41, 5.74) is 1.23. The van der Waals surface area contributed by atoms with Gasteiger partial charge in [0.25, 0.3) is 0 Å². The number of allylic oxidation sites excluding steroid dienone is 3. The summed E-state index contributed by atoms with van der Waals surface area (Å²) in [6, 6.07) is 0. The molecule has 0 aliphatic heterocycles. The first-order valence-electron chi connectivity index (χ1n) is 4.66. The monoisotopic (exact) mass is 180 g/mol. The minimum atomic E-state index is -0.0516. The molecule has 1 fully saturated rings. The van der Waals surface area contributed by atoms with Gasteiger partial charge in [0, 0.05) is 0 Å². The second kappa shape index (κ2) is 4.26. The van der Waals surface area contributed by atoms with Crippen molar-refractivity contribution < 1.29 is 9.53 Å². The van der Waals surface area contributed by atoms with Crippen molar-refractivity contribution in [3.8, 4) is 0 Å². The minimum absolute atomic E-state index is 0.0516. The lowest BCUT2D eigenvalue weighted by atomic mass is 10.1. The van der Waals surface area contributed by atoms with Crippen molar-refractivity contribution in [3.63, 3.8) is 0 Å². The van der Waals surface area contributed by atoms with Crippen LogP contribution in [0.1, 0.15) is 20.3 Å². The fourth-order valence-electron chi connectivity index (χ4n) is 1.52. The minimum Gasteiger partial charge on any atom is -0.466 e. The third kappa shape index (κ3) is 2.44. The van der Waals surface area contributed by atoms with E-state index in [0.717, 1.165) is 6.42 Å². The third-order valence-electron chi connectivity index (χ3n) is 2.35. The van der Waals surface area contributed by atoms with Crippen LogP contribution in [-0.2, 0) is 9.53 Å². The van der Waals surface area contributed by atoms with Gasteiger partial charge in [0.1, 0.15) is 0 Å². The summed E-state index contributed by atoms with van der Waals surface area (Å²) < 4.78 is 4.93. The quantitative estimate of drug-likeness (QED) is 0.490. The van der Waals surface area contributed by atoms with E-state index >= 15 is 0 Å². The predicted octanol–water partition coefficient (Wildman–Crippen LogP) is 2.32. The molecule has 0 spiro atoms. The summed E-state index contributed by atoms with van der Waals surface area (Å²) in [5.74, 6) is 0.456. The second-order valence-corrected chi connectivity index (χ2v) is 3.35. The Kier molecular flexibility index (Phi) is 3.29. The van der Waals surface area contributed by atoms with E-state index in [-0.39, 0.29) is 11.9 Å². The van der Waals surface area contributed by atoms with E-state index in [1.54, 1.807) is 6.08 Å². The van der Waals surface area contributed by atoms with E-state index in [0.29, 0.717) is 12.5 Å². The van der Waals surface area contributed by atoms with Crippen molar-refractivity contribution in [2.24, 2.45) is 11.8 Å². The molecule has 1 rings (SSSR count). The molecule has 0 N–H and O–H groups in total. The van der Waals surface area contributed by atoms with Gasteiger partial charge in [0.05, 0.1) is 12.5 Å². The topological polar surface area (TPSA) is 26.3 Å². The number of rotatable bonds is 4. The van der Waals surface area contributed by atoms with Crippen LogP contribution < -0.4 is 0 Å². The van der Waals surface area contributed by atoms with Crippen molar-refractivity contribution in [2.45, 2.75) is 20.3 Å². The molecule has 0 aromatic rings. The lowest BCUT2D eigenvalue weighted by Gasteiger charge is -2.00. The van der Waals surface area contributed by atoms with Gasteiger partial charge in [0.2, 0.25) is 0 Å². The lowest BCUT2D eigenvalue weighted by molar-refractivity contribution is -0.144. The number of hydrogen-bond donors (Lipinski definition) is 0. The first-order chi connectivity index (χ1) is 6.20. The molecule has 2 heteroatoms. The molecule has 2 unspecified atom stereocenters. The number of carbonyl (C=O) groups excluding carboxylic acids is 1. The maximum Gasteiger partial charge on any atom is 0.309 e. The molecule has 2 nitrogen and oxygen atoms in total. The van der Waals surface area contributed by atoms with Gasteiger partial charge in [0.15, 0.2) is 0 Å². The van der Waals surface area contributed by atoms with Gasteiger partial charge in [-0.15, -0.1) is 0 Å². The van der Waals surface area contributed by atoms with Gasteiger partial charge in [-0.25, -0.2) is 0 Å². The molecule has 0 saturated heterocycles. The zero-order valence-corrected chi connectivity index (χ0v) is 8.25. The SMILES string of the molecule is C=C/C=C(\C)C1CC1C(=O)OCC. The zero-order chi connectivity index (χ0) is 9.84. The first kappa shape index (κ1) is 10.0. The Morgan fingerprint density at radius 1 is 1.62 bits per heavy atom. The summed E-state index contributed by atoms with van der Waals surface area (Å²) in [4.78, 5) is 11.2. The summed E-state index contributed by atoms with van der Waals surface area (Å²) in [7, 11) is 0. The molecule has 0 amide bonds. The van der Waals surface area contributed by atoms with Crippen LogP contribution in [0.25, 0.3) is 0 Å². The molecule has 0 heterocycles. The molecule has 72 valence electrons. The van der Waals surface area contributed by atoms with E-state index in [2.05, 4.69) is 6.58 Å². The van der Waals surface area contributed by atoms with Gasteiger partial charge in [-0.3, -0.25) is 4.79 Å². The van der Waals surface area contributed by atoms with Crippen LogP contribution in [0.4, 0.5) is 0 Å². The zero-order valence-electron chi connectivity index (χ0n) is 8.25. The van der Waals surface area contributed by atoms with Crippen molar-refractivity contribution >= 4 is 5.97 Å². The highest BCUT2D eigenvalue weighted by atomic mass is 16.5. The normalized spacial score (nSPS) is 26.8. The molecule has 0 bridgehead atoms.